The molecule has 0 atom stereocenters. The van der Waals surface area contributed by atoms with Gasteiger partial charge in [0.2, 0.25) is 0 Å². The molecule has 102 valence electrons. The summed E-state index contributed by atoms with van der Waals surface area (Å²) in [5.74, 6) is 0.478. The molecule has 19 heavy (non-hydrogen) atoms. The normalized spacial score (nSPS) is 11.6. The second-order valence-electron chi connectivity index (χ2n) is 5.04. The van der Waals surface area contributed by atoms with E-state index in [-0.39, 0.29) is 11.2 Å². The standard InChI is InChI=1S/C12H13BrFN3OS/c1-12(2,3)10-16-11(19-17-10)18-9-5-7(14)6(13)4-8(9)15/h4-5H,15H2,1-3H3. The maximum Gasteiger partial charge on any atom is 0.298 e. The van der Waals surface area contributed by atoms with Crippen LogP contribution in [-0.2, 0) is 5.41 Å². The molecule has 1 aromatic heterocycles. The van der Waals surface area contributed by atoms with Crippen LogP contribution in [0.1, 0.15) is 26.6 Å². The average Bonchev–Trinajstić information content (AvgIpc) is 2.74. The van der Waals surface area contributed by atoms with E-state index in [1.165, 1.54) is 12.1 Å². The van der Waals surface area contributed by atoms with Crippen molar-refractivity contribution in [3.63, 3.8) is 0 Å². The Bertz CT molecular complexity index is 610. The maximum absolute atomic E-state index is 13.4. The lowest BCUT2D eigenvalue weighted by atomic mass is 9.96. The summed E-state index contributed by atoms with van der Waals surface area (Å²) in [5, 5.41) is 0.346. The highest BCUT2D eigenvalue weighted by Gasteiger charge is 2.20. The second-order valence-corrected chi connectivity index (χ2v) is 6.61. The third-order valence-corrected chi connectivity index (χ3v) is 3.53. The third-order valence-electron chi connectivity index (χ3n) is 2.33. The van der Waals surface area contributed by atoms with E-state index in [0.717, 1.165) is 11.5 Å². The Kier molecular flexibility index (Phi) is 3.78. The van der Waals surface area contributed by atoms with Crippen LogP contribution in [0.25, 0.3) is 0 Å². The lowest BCUT2D eigenvalue weighted by Gasteiger charge is -2.12. The van der Waals surface area contributed by atoms with E-state index in [1.54, 1.807) is 0 Å². The molecule has 1 aromatic carbocycles. The van der Waals surface area contributed by atoms with Crippen LogP contribution in [0.2, 0.25) is 0 Å². The molecule has 0 bridgehead atoms. The number of hydrogen-bond acceptors (Lipinski definition) is 5. The minimum absolute atomic E-state index is 0.158. The Balaban J connectivity index is 2.27. The van der Waals surface area contributed by atoms with Crippen molar-refractivity contribution in [2.75, 3.05) is 5.73 Å². The Hall–Kier alpha value is -1.21. The number of anilines is 1. The third kappa shape index (κ3) is 3.22. The Morgan fingerprint density at radius 2 is 2.05 bits per heavy atom. The first-order chi connectivity index (χ1) is 8.77. The van der Waals surface area contributed by atoms with E-state index in [0.29, 0.717) is 21.2 Å². The van der Waals surface area contributed by atoms with Gasteiger partial charge in [0.05, 0.1) is 10.2 Å². The van der Waals surface area contributed by atoms with Gasteiger partial charge in [0.25, 0.3) is 5.19 Å². The summed E-state index contributed by atoms with van der Waals surface area (Å²) in [5.41, 5.74) is 5.94. The molecular formula is C12H13BrFN3OS. The number of nitrogen functional groups attached to an aromatic ring is 1. The molecule has 0 saturated heterocycles. The van der Waals surface area contributed by atoms with Crippen LogP contribution < -0.4 is 10.5 Å². The van der Waals surface area contributed by atoms with Gasteiger partial charge in [0, 0.05) is 23.0 Å². The topological polar surface area (TPSA) is 61.0 Å². The minimum Gasteiger partial charge on any atom is -0.428 e. The SMILES string of the molecule is CC(C)(C)c1nsc(Oc2cc(F)c(Br)cc2N)n1. The van der Waals surface area contributed by atoms with Crippen LogP contribution in [0.4, 0.5) is 10.1 Å². The highest BCUT2D eigenvalue weighted by atomic mass is 79.9. The lowest BCUT2D eigenvalue weighted by molar-refractivity contribution is 0.465. The highest BCUT2D eigenvalue weighted by molar-refractivity contribution is 9.10. The number of halogens is 2. The van der Waals surface area contributed by atoms with Crippen LogP contribution in [-0.4, -0.2) is 9.36 Å². The molecule has 0 aliphatic carbocycles. The van der Waals surface area contributed by atoms with Gasteiger partial charge in [-0.15, -0.1) is 0 Å². The number of rotatable bonds is 2. The van der Waals surface area contributed by atoms with Crippen LogP contribution in [0.5, 0.6) is 10.9 Å². The van der Waals surface area contributed by atoms with Crippen LogP contribution >= 0.6 is 27.5 Å². The van der Waals surface area contributed by atoms with E-state index in [4.69, 9.17) is 10.5 Å². The predicted octanol–water partition coefficient (Wildman–Crippen LogP) is 4.11. The van der Waals surface area contributed by atoms with Crippen molar-refractivity contribution in [2.45, 2.75) is 26.2 Å². The van der Waals surface area contributed by atoms with E-state index in [1.807, 2.05) is 20.8 Å². The molecule has 2 rings (SSSR count). The summed E-state index contributed by atoms with van der Waals surface area (Å²) in [4.78, 5) is 4.27. The van der Waals surface area contributed by atoms with Crippen molar-refractivity contribution < 1.29 is 9.13 Å². The van der Waals surface area contributed by atoms with E-state index < -0.39 is 5.82 Å². The van der Waals surface area contributed by atoms with Gasteiger partial charge in [-0.2, -0.15) is 9.36 Å². The molecule has 0 amide bonds. The zero-order valence-corrected chi connectivity index (χ0v) is 13.1. The highest BCUT2D eigenvalue weighted by Crippen LogP contribution is 2.33. The number of benzene rings is 1. The average molecular weight is 346 g/mol. The molecule has 0 aliphatic heterocycles. The lowest BCUT2D eigenvalue weighted by Crippen LogP contribution is -2.12. The molecule has 0 radical (unpaired) electrons. The van der Waals surface area contributed by atoms with Crippen molar-refractivity contribution in [3.8, 4) is 10.9 Å². The molecule has 2 N–H and O–H groups in total. The summed E-state index contributed by atoms with van der Waals surface area (Å²) >= 11 is 4.18. The molecular weight excluding hydrogens is 333 g/mol. The summed E-state index contributed by atoms with van der Waals surface area (Å²) in [6.07, 6.45) is 0. The Labute approximate surface area is 123 Å². The van der Waals surface area contributed by atoms with Gasteiger partial charge in [-0.05, 0) is 22.0 Å². The number of nitrogens with two attached hydrogens (primary N) is 1. The molecule has 0 spiro atoms. The van der Waals surface area contributed by atoms with Crippen molar-refractivity contribution in [1.29, 1.82) is 0 Å². The first-order valence-corrected chi connectivity index (χ1v) is 7.10. The number of nitrogens with zero attached hydrogens (tertiary/aromatic N) is 2. The second kappa shape index (κ2) is 5.05. The van der Waals surface area contributed by atoms with Crippen LogP contribution in [0, 0.1) is 5.82 Å². The van der Waals surface area contributed by atoms with Crippen LogP contribution in [0.15, 0.2) is 16.6 Å². The predicted molar refractivity (Wildman–Crippen MR) is 77.2 cm³/mol. The summed E-state index contributed by atoms with van der Waals surface area (Å²) < 4.78 is 23.4. The Morgan fingerprint density at radius 3 is 2.63 bits per heavy atom. The van der Waals surface area contributed by atoms with E-state index in [9.17, 15) is 4.39 Å². The zero-order chi connectivity index (χ0) is 14.2. The van der Waals surface area contributed by atoms with E-state index >= 15 is 0 Å². The summed E-state index contributed by atoms with van der Waals surface area (Å²) in [6.45, 7) is 6.02. The first-order valence-electron chi connectivity index (χ1n) is 5.54. The summed E-state index contributed by atoms with van der Waals surface area (Å²) in [6, 6.07) is 2.67. The molecule has 2 aromatic rings. The number of ether oxygens (including phenoxy) is 1. The van der Waals surface area contributed by atoms with Gasteiger partial charge in [0.1, 0.15) is 5.82 Å². The molecule has 0 saturated carbocycles. The largest absolute Gasteiger partial charge is 0.428 e. The van der Waals surface area contributed by atoms with Gasteiger partial charge >= 0.3 is 0 Å². The Morgan fingerprint density at radius 1 is 1.37 bits per heavy atom. The van der Waals surface area contributed by atoms with Gasteiger partial charge in [-0.1, -0.05) is 20.8 Å². The van der Waals surface area contributed by atoms with Gasteiger partial charge < -0.3 is 10.5 Å². The van der Waals surface area contributed by atoms with Gasteiger partial charge in [-0.25, -0.2) is 4.39 Å². The fourth-order valence-electron chi connectivity index (χ4n) is 1.28. The van der Waals surface area contributed by atoms with Crippen molar-refractivity contribution in [1.82, 2.24) is 9.36 Å². The molecule has 0 fully saturated rings. The molecule has 7 heteroatoms. The summed E-state index contributed by atoms with van der Waals surface area (Å²) in [7, 11) is 0. The van der Waals surface area contributed by atoms with Crippen molar-refractivity contribution in [3.05, 3.63) is 28.2 Å². The molecule has 4 nitrogen and oxygen atoms in total. The molecule has 0 aliphatic rings. The van der Waals surface area contributed by atoms with Crippen molar-refractivity contribution >= 4 is 33.1 Å². The minimum atomic E-state index is -0.440. The molecule has 0 unspecified atom stereocenters. The smallest absolute Gasteiger partial charge is 0.298 e. The maximum atomic E-state index is 13.4. The first kappa shape index (κ1) is 14.2. The zero-order valence-electron chi connectivity index (χ0n) is 10.7. The van der Waals surface area contributed by atoms with E-state index in [2.05, 4.69) is 25.3 Å². The van der Waals surface area contributed by atoms with Gasteiger partial charge in [-0.3, -0.25) is 0 Å². The van der Waals surface area contributed by atoms with Crippen molar-refractivity contribution in [2.24, 2.45) is 0 Å². The fraction of sp³-hybridized carbons (Fsp3) is 0.333. The van der Waals surface area contributed by atoms with Crippen LogP contribution in [0.3, 0.4) is 0 Å². The number of aromatic nitrogens is 2. The quantitative estimate of drug-likeness (QED) is 0.832. The van der Waals surface area contributed by atoms with Gasteiger partial charge in [0.15, 0.2) is 11.6 Å². The fourth-order valence-corrected chi connectivity index (χ4v) is 2.38. The molecule has 1 heterocycles. The monoisotopic (exact) mass is 345 g/mol. The number of hydrogen-bond donors (Lipinski definition) is 1.